The van der Waals surface area contributed by atoms with Crippen molar-refractivity contribution in [3.63, 3.8) is 0 Å². The van der Waals surface area contributed by atoms with Crippen LogP contribution in [0.4, 0.5) is 5.69 Å². The number of methoxy groups -OCH3 is 1. The van der Waals surface area contributed by atoms with Gasteiger partial charge in [-0.05, 0) is 30.7 Å². The van der Waals surface area contributed by atoms with E-state index in [-0.39, 0.29) is 11.8 Å². The minimum Gasteiger partial charge on any atom is -0.495 e. The number of anilines is 1. The Bertz CT molecular complexity index is 726. The van der Waals surface area contributed by atoms with Crippen LogP contribution in [-0.2, 0) is 11.3 Å². The van der Waals surface area contributed by atoms with Crippen molar-refractivity contribution in [2.24, 2.45) is 0 Å². The van der Waals surface area contributed by atoms with Crippen LogP contribution in [0, 0.1) is 6.92 Å². The number of nitrogens with one attached hydrogen (secondary N) is 2. The van der Waals surface area contributed by atoms with E-state index in [0.29, 0.717) is 23.5 Å². The van der Waals surface area contributed by atoms with E-state index in [0.717, 1.165) is 11.1 Å². The molecule has 2 N–H and O–H groups in total. The largest absolute Gasteiger partial charge is 0.495 e. The second-order valence-corrected chi connectivity index (χ2v) is 5.27. The van der Waals surface area contributed by atoms with Gasteiger partial charge in [-0.2, -0.15) is 0 Å². The minimum atomic E-state index is -0.222. The quantitative estimate of drug-likeness (QED) is 0.892. The molecule has 0 saturated carbocycles. The zero-order valence-corrected chi connectivity index (χ0v) is 13.5. The molecule has 0 aliphatic heterocycles. The Kier molecular flexibility index (Phi) is 5.36. The van der Waals surface area contributed by atoms with Crippen LogP contribution in [0.3, 0.4) is 0 Å². The van der Waals surface area contributed by atoms with Crippen LogP contribution in [-0.4, -0.2) is 18.9 Å². The highest BCUT2D eigenvalue weighted by molar-refractivity contribution is 5.97. The van der Waals surface area contributed by atoms with E-state index < -0.39 is 0 Å². The number of hydrogen-bond donors (Lipinski definition) is 2. The lowest BCUT2D eigenvalue weighted by atomic mass is 10.1. The lowest BCUT2D eigenvalue weighted by molar-refractivity contribution is -0.114. The van der Waals surface area contributed by atoms with Crippen LogP contribution in [0.5, 0.6) is 5.75 Å². The molecule has 0 unspecified atom stereocenters. The molecule has 0 aliphatic rings. The zero-order valence-electron chi connectivity index (χ0n) is 13.5. The summed E-state index contributed by atoms with van der Waals surface area (Å²) in [4.78, 5) is 23.5. The highest BCUT2D eigenvalue weighted by Crippen LogP contribution is 2.25. The molecule has 2 amide bonds. The van der Waals surface area contributed by atoms with Gasteiger partial charge in [-0.15, -0.1) is 0 Å². The van der Waals surface area contributed by atoms with Gasteiger partial charge in [0.2, 0.25) is 5.91 Å². The SMILES string of the molecule is COc1ccc(C(=O)NCc2cccc(C)c2)cc1NC(C)=O. The summed E-state index contributed by atoms with van der Waals surface area (Å²) in [6.45, 7) is 3.86. The van der Waals surface area contributed by atoms with Gasteiger partial charge < -0.3 is 15.4 Å². The van der Waals surface area contributed by atoms with Gasteiger partial charge in [0.1, 0.15) is 5.75 Å². The van der Waals surface area contributed by atoms with Crippen molar-refractivity contribution in [1.29, 1.82) is 0 Å². The van der Waals surface area contributed by atoms with E-state index in [4.69, 9.17) is 4.74 Å². The third-order valence-electron chi connectivity index (χ3n) is 3.31. The van der Waals surface area contributed by atoms with Gasteiger partial charge in [0.15, 0.2) is 0 Å². The topological polar surface area (TPSA) is 67.4 Å². The van der Waals surface area contributed by atoms with Crippen LogP contribution < -0.4 is 15.4 Å². The normalized spacial score (nSPS) is 10.0. The molecule has 5 nitrogen and oxygen atoms in total. The number of aryl methyl sites for hydroxylation is 1. The molecule has 23 heavy (non-hydrogen) atoms. The molecule has 2 aromatic carbocycles. The van der Waals surface area contributed by atoms with E-state index in [1.165, 1.54) is 14.0 Å². The van der Waals surface area contributed by atoms with Crippen molar-refractivity contribution < 1.29 is 14.3 Å². The molecule has 0 spiro atoms. The van der Waals surface area contributed by atoms with E-state index in [1.54, 1.807) is 18.2 Å². The van der Waals surface area contributed by atoms with Crippen molar-refractivity contribution in [3.8, 4) is 5.75 Å². The van der Waals surface area contributed by atoms with Gasteiger partial charge in [-0.1, -0.05) is 29.8 Å². The maximum atomic E-state index is 12.3. The fourth-order valence-electron chi connectivity index (χ4n) is 2.24. The summed E-state index contributed by atoms with van der Waals surface area (Å²) in [6.07, 6.45) is 0. The molecule has 0 aliphatic carbocycles. The van der Waals surface area contributed by atoms with E-state index in [2.05, 4.69) is 10.6 Å². The molecule has 2 aromatic rings. The van der Waals surface area contributed by atoms with Crippen LogP contribution in [0.2, 0.25) is 0 Å². The predicted molar refractivity (Wildman–Crippen MR) is 89.6 cm³/mol. The Hall–Kier alpha value is -2.82. The van der Waals surface area contributed by atoms with Crippen LogP contribution in [0.1, 0.15) is 28.4 Å². The second kappa shape index (κ2) is 7.45. The van der Waals surface area contributed by atoms with Crippen molar-refractivity contribution in [2.75, 3.05) is 12.4 Å². The predicted octanol–water partition coefficient (Wildman–Crippen LogP) is 2.89. The summed E-state index contributed by atoms with van der Waals surface area (Å²) >= 11 is 0. The second-order valence-electron chi connectivity index (χ2n) is 5.27. The Morgan fingerprint density at radius 3 is 2.57 bits per heavy atom. The highest BCUT2D eigenvalue weighted by atomic mass is 16.5. The van der Waals surface area contributed by atoms with Gasteiger partial charge in [-0.25, -0.2) is 0 Å². The Labute approximate surface area is 135 Å². The summed E-state index contributed by atoms with van der Waals surface area (Å²) in [6, 6.07) is 12.9. The molecule has 0 saturated heterocycles. The third kappa shape index (κ3) is 4.57. The third-order valence-corrected chi connectivity index (χ3v) is 3.31. The minimum absolute atomic E-state index is 0.208. The summed E-state index contributed by atoms with van der Waals surface area (Å²) < 4.78 is 5.18. The molecular weight excluding hydrogens is 292 g/mol. The molecule has 120 valence electrons. The van der Waals surface area contributed by atoms with E-state index in [9.17, 15) is 9.59 Å². The molecule has 5 heteroatoms. The van der Waals surface area contributed by atoms with Crippen molar-refractivity contribution in [3.05, 3.63) is 59.2 Å². The summed E-state index contributed by atoms with van der Waals surface area (Å²) in [5.41, 5.74) is 3.12. The fraction of sp³-hybridized carbons (Fsp3) is 0.222. The molecular formula is C18H20N2O3. The van der Waals surface area contributed by atoms with Gasteiger partial charge in [0.05, 0.1) is 12.8 Å². The number of ether oxygens (including phenoxy) is 1. The van der Waals surface area contributed by atoms with Crippen molar-refractivity contribution in [2.45, 2.75) is 20.4 Å². The molecule has 0 atom stereocenters. The van der Waals surface area contributed by atoms with E-state index >= 15 is 0 Å². The highest BCUT2D eigenvalue weighted by Gasteiger charge is 2.11. The molecule has 0 aromatic heterocycles. The van der Waals surface area contributed by atoms with Crippen molar-refractivity contribution >= 4 is 17.5 Å². The summed E-state index contributed by atoms with van der Waals surface area (Å²) in [5, 5.41) is 5.52. The smallest absolute Gasteiger partial charge is 0.251 e. The van der Waals surface area contributed by atoms with Gasteiger partial charge in [0, 0.05) is 19.0 Å². The number of hydrogen-bond acceptors (Lipinski definition) is 3. The first-order valence-corrected chi connectivity index (χ1v) is 7.29. The van der Waals surface area contributed by atoms with Gasteiger partial charge >= 0.3 is 0 Å². The number of carbonyl (C=O) groups excluding carboxylic acids is 2. The van der Waals surface area contributed by atoms with Gasteiger partial charge in [-0.3, -0.25) is 9.59 Å². The maximum absolute atomic E-state index is 12.3. The fourth-order valence-corrected chi connectivity index (χ4v) is 2.24. The molecule has 0 fully saturated rings. The molecule has 2 rings (SSSR count). The molecule has 0 radical (unpaired) electrons. The van der Waals surface area contributed by atoms with Crippen molar-refractivity contribution in [1.82, 2.24) is 5.32 Å². The van der Waals surface area contributed by atoms with Gasteiger partial charge in [0.25, 0.3) is 5.91 Å². The molecule has 0 bridgehead atoms. The number of carbonyl (C=O) groups is 2. The average molecular weight is 312 g/mol. The van der Waals surface area contributed by atoms with E-state index in [1.807, 2.05) is 31.2 Å². The summed E-state index contributed by atoms with van der Waals surface area (Å²) in [7, 11) is 1.51. The zero-order chi connectivity index (χ0) is 16.8. The van der Waals surface area contributed by atoms with Crippen LogP contribution in [0.25, 0.3) is 0 Å². The standard InChI is InChI=1S/C18H20N2O3/c1-12-5-4-6-14(9-12)11-19-18(22)15-7-8-17(23-3)16(10-15)20-13(2)21/h4-10H,11H2,1-3H3,(H,19,22)(H,20,21). The lowest BCUT2D eigenvalue weighted by Crippen LogP contribution is -2.23. The first-order chi connectivity index (χ1) is 11.0. The first-order valence-electron chi connectivity index (χ1n) is 7.29. The average Bonchev–Trinajstić information content (AvgIpc) is 2.52. The van der Waals surface area contributed by atoms with Crippen LogP contribution >= 0.6 is 0 Å². The first kappa shape index (κ1) is 16.5. The monoisotopic (exact) mass is 312 g/mol. The Morgan fingerprint density at radius 2 is 1.91 bits per heavy atom. The number of amides is 2. The Morgan fingerprint density at radius 1 is 1.13 bits per heavy atom. The Balaban J connectivity index is 2.11. The summed E-state index contributed by atoms with van der Waals surface area (Å²) in [5.74, 6) is 0.0804. The lowest BCUT2D eigenvalue weighted by Gasteiger charge is -2.11. The molecule has 0 heterocycles. The van der Waals surface area contributed by atoms with Crippen LogP contribution in [0.15, 0.2) is 42.5 Å². The number of rotatable bonds is 5. The maximum Gasteiger partial charge on any atom is 0.251 e. The number of benzene rings is 2.